The average molecular weight is 154 g/mol. The van der Waals surface area contributed by atoms with Gasteiger partial charge in [-0.1, -0.05) is 12.1 Å². The maximum Gasteiger partial charge on any atom is 0.121 e. The second-order valence-corrected chi connectivity index (χ2v) is 2.28. The lowest BCUT2D eigenvalue weighted by Crippen LogP contribution is -1.87. The molecule has 0 aliphatic carbocycles. The van der Waals surface area contributed by atoms with Gasteiger partial charge in [0.2, 0.25) is 0 Å². The van der Waals surface area contributed by atoms with Crippen LogP contribution in [0.1, 0.15) is 11.1 Å². The van der Waals surface area contributed by atoms with Crippen LogP contribution in [0.3, 0.4) is 0 Å². The molecule has 0 amide bonds. The van der Waals surface area contributed by atoms with Crippen LogP contribution in [0.4, 0.5) is 0 Å². The first-order valence-electron chi connectivity index (χ1n) is 3.30. The zero-order chi connectivity index (χ0) is 8.27. The Balaban J connectivity index is 2.99. The Morgan fingerprint density at radius 2 is 1.82 bits per heavy atom. The standard InChI is InChI=1S/C8H10O3/c9-4-6-1-2-7(5-10)8(11)3-6/h1-3,9-11H,4-5H2. The smallest absolute Gasteiger partial charge is 0.121 e. The molecule has 0 saturated carbocycles. The van der Waals surface area contributed by atoms with Crippen molar-refractivity contribution < 1.29 is 15.3 Å². The molecule has 0 bridgehead atoms. The van der Waals surface area contributed by atoms with Gasteiger partial charge in [0.05, 0.1) is 13.2 Å². The molecule has 3 N–H and O–H groups in total. The average Bonchev–Trinajstić information content (AvgIpc) is 2.04. The topological polar surface area (TPSA) is 60.7 Å². The van der Waals surface area contributed by atoms with Crippen molar-refractivity contribution in [3.05, 3.63) is 29.3 Å². The Morgan fingerprint density at radius 3 is 2.27 bits per heavy atom. The first-order chi connectivity index (χ1) is 5.27. The van der Waals surface area contributed by atoms with Crippen LogP contribution in [-0.2, 0) is 13.2 Å². The third kappa shape index (κ3) is 1.69. The van der Waals surface area contributed by atoms with Crippen molar-refractivity contribution in [2.45, 2.75) is 13.2 Å². The zero-order valence-corrected chi connectivity index (χ0v) is 5.99. The Labute approximate surface area is 64.5 Å². The Kier molecular flexibility index (Phi) is 2.46. The highest BCUT2D eigenvalue weighted by Gasteiger charge is 1.99. The highest BCUT2D eigenvalue weighted by Crippen LogP contribution is 2.18. The van der Waals surface area contributed by atoms with Gasteiger partial charge in [0, 0.05) is 5.56 Å². The number of aromatic hydroxyl groups is 1. The van der Waals surface area contributed by atoms with E-state index in [0.717, 1.165) is 0 Å². The van der Waals surface area contributed by atoms with Gasteiger partial charge in [-0.25, -0.2) is 0 Å². The summed E-state index contributed by atoms with van der Waals surface area (Å²) in [7, 11) is 0. The zero-order valence-electron chi connectivity index (χ0n) is 5.99. The summed E-state index contributed by atoms with van der Waals surface area (Å²) < 4.78 is 0. The Morgan fingerprint density at radius 1 is 1.09 bits per heavy atom. The first kappa shape index (κ1) is 8.04. The molecule has 60 valence electrons. The molecule has 11 heavy (non-hydrogen) atoms. The van der Waals surface area contributed by atoms with E-state index in [4.69, 9.17) is 15.3 Å². The molecule has 0 spiro atoms. The van der Waals surface area contributed by atoms with E-state index in [1.54, 1.807) is 12.1 Å². The summed E-state index contributed by atoms with van der Waals surface area (Å²) in [6.07, 6.45) is 0. The van der Waals surface area contributed by atoms with Crippen LogP contribution in [0, 0.1) is 0 Å². The molecule has 0 aromatic heterocycles. The first-order valence-corrected chi connectivity index (χ1v) is 3.30. The van der Waals surface area contributed by atoms with E-state index in [0.29, 0.717) is 11.1 Å². The molecule has 3 nitrogen and oxygen atoms in total. The van der Waals surface area contributed by atoms with E-state index in [1.165, 1.54) is 6.07 Å². The maximum atomic E-state index is 9.15. The normalized spacial score (nSPS) is 10.0. The Bertz CT molecular complexity index is 245. The van der Waals surface area contributed by atoms with Gasteiger partial charge in [0.15, 0.2) is 0 Å². The van der Waals surface area contributed by atoms with Crippen molar-refractivity contribution in [2.75, 3.05) is 0 Å². The summed E-state index contributed by atoms with van der Waals surface area (Å²) in [4.78, 5) is 0. The molecular formula is C8H10O3. The van der Waals surface area contributed by atoms with E-state index in [1.807, 2.05) is 0 Å². The van der Waals surface area contributed by atoms with Gasteiger partial charge >= 0.3 is 0 Å². The molecule has 0 aliphatic heterocycles. The van der Waals surface area contributed by atoms with E-state index in [-0.39, 0.29) is 19.0 Å². The fraction of sp³-hybridized carbons (Fsp3) is 0.250. The van der Waals surface area contributed by atoms with E-state index in [2.05, 4.69) is 0 Å². The third-order valence-corrected chi connectivity index (χ3v) is 1.50. The van der Waals surface area contributed by atoms with Crippen molar-refractivity contribution in [2.24, 2.45) is 0 Å². The number of hydrogen-bond donors (Lipinski definition) is 3. The summed E-state index contributed by atoms with van der Waals surface area (Å²) in [6.45, 7) is -0.281. The largest absolute Gasteiger partial charge is 0.508 e. The second-order valence-electron chi connectivity index (χ2n) is 2.28. The lowest BCUT2D eigenvalue weighted by molar-refractivity contribution is 0.272. The quantitative estimate of drug-likeness (QED) is 0.577. The molecule has 0 aliphatic rings. The Hall–Kier alpha value is -1.06. The molecule has 1 aromatic rings. The third-order valence-electron chi connectivity index (χ3n) is 1.50. The lowest BCUT2D eigenvalue weighted by atomic mass is 10.1. The molecule has 0 radical (unpaired) electrons. The van der Waals surface area contributed by atoms with E-state index < -0.39 is 0 Å². The maximum absolute atomic E-state index is 9.15. The molecule has 0 saturated heterocycles. The minimum Gasteiger partial charge on any atom is -0.508 e. The number of hydrogen-bond acceptors (Lipinski definition) is 3. The van der Waals surface area contributed by atoms with Crippen molar-refractivity contribution in [1.82, 2.24) is 0 Å². The van der Waals surface area contributed by atoms with Crippen molar-refractivity contribution in [3.8, 4) is 5.75 Å². The van der Waals surface area contributed by atoms with Crippen LogP contribution >= 0.6 is 0 Å². The van der Waals surface area contributed by atoms with Gasteiger partial charge < -0.3 is 15.3 Å². The van der Waals surface area contributed by atoms with Crippen molar-refractivity contribution >= 4 is 0 Å². The van der Waals surface area contributed by atoms with Gasteiger partial charge in [0.25, 0.3) is 0 Å². The summed E-state index contributed by atoms with van der Waals surface area (Å²) >= 11 is 0. The molecule has 1 aromatic carbocycles. The SMILES string of the molecule is OCc1ccc(CO)c(O)c1. The summed E-state index contributed by atoms with van der Waals surface area (Å²) in [6, 6.07) is 4.68. The highest BCUT2D eigenvalue weighted by molar-refractivity contribution is 5.35. The van der Waals surface area contributed by atoms with Gasteiger partial charge in [-0.05, 0) is 11.6 Å². The van der Waals surface area contributed by atoms with Crippen LogP contribution in [0.25, 0.3) is 0 Å². The number of rotatable bonds is 2. The summed E-state index contributed by atoms with van der Waals surface area (Å²) in [5.74, 6) is 0.0269. The number of aliphatic hydroxyl groups excluding tert-OH is 2. The minimum atomic E-state index is -0.183. The van der Waals surface area contributed by atoms with Crippen LogP contribution < -0.4 is 0 Å². The molecular weight excluding hydrogens is 144 g/mol. The van der Waals surface area contributed by atoms with E-state index in [9.17, 15) is 0 Å². The minimum absolute atomic E-state index is 0.0269. The fourth-order valence-electron chi connectivity index (χ4n) is 0.841. The van der Waals surface area contributed by atoms with Gasteiger partial charge in [0.1, 0.15) is 5.75 Å². The summed E-state index contributed by atoms with van der Waals surface area (Å²) in [5.41, 5.74) is 1.11. The molecule has 0 fully saturated rings. The fourth-order valence-corrected chi connectivity index (χ4v) is 0.841. The van der Waals surface area contributed by atoms with Crippen molar-refractivity contribution in [1.29, 1.82) is 0 Å². The summed E-state index contributed by atoms with van der Waals surface area (Å²) in [5, 5.41) is 26.5. The lowest BCUT2D eigenvalue weighted by Gasteiger charge is -2.01. The number of benzene rings is 1. The van der Waals surface area contributed by atoms with Crippen LogP contribution in [-0.4, -0.2) is 15.3 Å². The molecule has 0 atom stereocenters. The second kappa shape index (κ2) is 3.37. The van der Waals surface area contributed by atoms with Crippen LogP contribution in [0.2, 0.25) is 0 Å². The molecule has 3 heteroatoms. The molecule has 0 unspecified atom stereocenters. The molecule has 0 heterocycles. The van der Waals surface area contributed by atoms with Gasteiger partial charge in [-0.3, -0.25) is 0 Å². The van der Waals surface area contributed by atoms with Gasteiger partial charge in [-0.2, -0.15) is 0 Å². The number of aliphatic hydroxyl groups is 2. The van der Waals surface area contributed by atoms with Crippen LogP contribution in [0.5, 0.6) is 5.75 Å². The monoisotopic (exact) mass is 154 g/mol. The van der Waals surface area contributed by atoms with Gasteiger partial charge in [-0.15, -0.1) is 0 Å². The van der Waals surface area contributed by atoms with E-state index >= 15 is 0 Å². The highest BCUT2D eigenvalue weighted by atomic mass is 16.3. The number of phenols is 1. The van der Waals surface area contributed by atoms with Crippen molar-refractivity contribution in [3.63, 3.8) is 0 Å². The van der Waals surface area contributed by atoms with Crippen LogP contribution in [0.15, 0.2) is 18.2 Å². The predicted molar refractivity (Wildman–Crippen MR) is 40.0 cm³/mol. The molecule has 1 rings (SSSR count). The predicted octanol–water partition coefficient (Wildman–Crippen LogP) is 0.377.